The average molecular weight is 470 g/mol. The molecular weight excluding hydrogens is 442 g/mol. The second kappa shape index (κ2) is 9.77. The second-order valence-corrected chi connectivity index (χ2v) is 8.51. The summed E-state index contributed by atoms with van der Waals surface area (Å²) in [5, 5.41) is 3.38. The lowest BCUT2D eigenvalue weighted by atomic mass is 10.2. The molecule has 2 aliphatic rings. The van der Waals surface area contributed by atoms with Gasteiger partial charge in [-0.25, -0.2) is 24.9 Å². The van der Waals surface area contributed by atoms with Gasteiger partial charge in [0.2, 0.25) is 0 Å². The molecule has 0 bridgehead atoms. The van der Waals surface area contributed by atoms with Crippen molar-refractivity contribution < 1.29 is 4.74 Å². The molecule has 4 aromatic rings. The molecule has 10 heteroatoms. The van der Waals surface area contributed by atoms with E-state index in [9.17, 15) is 0 Å². The maximum absolute atomic E-state index is 5.54. The van der Waals surface area contributed by atoms with E-state index in [0.29, 0.717) is 19.0 Å². The van der Waals surface area contributed by atoms with Crippen molar-refractivity contribution in [1.29, 1.82) is 0 Å². The van der Waals surface area contributed by atoms with Gasteiger partial charge in [0.15, 0.2) is 17.3 Å². The molecule has 35 heavy (non-hydrogen) atoms. The fraction of sp³-hybridized carbons (Fsp3) is 0.320. The third-order valence-electron chi connectivity index (χ3n) is 6.28. The van der Waals surface area contributed by atoms with Crippen molar-refractivity contribution >= 4 is 29.4 Å². The van der Waals surface area contributed by atoms with E-state index in [1.807, 2.05) is 30.7 Å². The lowest BCUT2D eigenvalue weighted by molar-refractivity contribution is 0.122. The quantitative estimate of drug-likeness (QED) is 0.471. The largest absolute Gasteiger partial charge is 0.378 e. The van der Waals surface area contributed by atoms with Gasteiger partial charge in [-0.15, -0.1) is 0 Å². The van der Waals surface area contributed by atoms with Gasteiger partial charge >= 0.3 is 0 Å². The Labute approximate surface area is 203 Å². The van der Waals surface area contributed by atoms with Gasteiger partial charge in [-0.05, 0) is 30.4 Å². The molecular formula is C25H27N9O. The van der Waals surface area contributed by atoms with Crippen molar-refractivity contribution in [3.63, 3.8) is 0 Å². The smallest absolute Gasteiger partial charge is 0.181 e. The van der Waals surface area contributed by atoms with Crippen LogP contribution in [0.4, 0.5) is 11.6 Å². The number of anilines is 2. The minimum absolute atomic E-state index is 0.643. The summed E-state index contributed by atoms with van der Waals surface area (Å²) in [5.74, 6) is 2.50. The van der Waals surface area contributed by atoms with Gasteiger partial charge in [-0.2, -0.15) is 0 Å². The molecule has 0 aromatic carbocycles. The number of imidazole rings is 1. The van der Waals surface area contributed by atoms with Gasteiger partial charge < -0.3 is 19.9 Å². The number of ether oxygens (including phenoxy) is 1. The van der Waals surface area contributed by atoms with E-state index in [1.165, 1.54) is 0 Å². The van der Waals surface area contributed by atoms with Gasteiger partial charge in [0.1, 0.15) is 5.82 Å². The average Bonchev–Trinajstić information content (AvgIpc) is 3.37. The number of pyridine rings is 1. The zero-order chi connectivity index (χ0) is 23.5. The molecule has 0 spiro atoms. The number of nitrogens with one attached hydrogen (secondary N) is 1. The van der Waals surface area contributed by atoms with E-state index < -0.39 is 0 Å². The standard InChI is InChI=1S/C25H27N9O/c1-6-27-22(28-7-1)4-3-20-18-34-21(17-30-24(25(34)31-20)33-12-14-35-15-13-33)19-2-5-23(29-16-19)32-10-8-26-9-11-32/h1-7,16-18,26H,8-15H2/b4-3+. The molecule has 6 rings (SSSR count). The SMILES string of the molecule is C(=C\c1ncccn1)/c1cn2c(-c3ccc(N4CCNCC4)nc3)cnc(N3CCOCC3)c2n1. The highest BCUT2D eigenvalue weighted by atomic mass is 16.5. The molecule has 0 atom stereocenters. The molecule has 4 aromatic heterocycles. The molecule has 0 aliphatic carbocycles. The normalized spacial score (nSPS) is 16.9. The molecule has 2 saturated heterocycles. The fourth-order valence-corrected chi connectivity index (χ4v) is 4.45. The topological polar surface area (TPSA) is 96.6 Å². The van der Waals surface area contributed by atoms with E-state index >= 15 is 0 Å². The van der Waals surface area contributed by atoms with Gasteiger partial charge in [0.05, 0.1) is 30.8 Å². The fourth-order valence-electron chi connectivity index (χ4n) is 4.45. The van der Waals surface area contributed by atoms with Crippen molar-refractivity contribution in [3.8, 4) is 11.3 Å². The first kappa shape index (κ1) is 21.6. The Morgan fingerprint density at radius 1 is 0.857 bits per heavy atom. The van der Waals surface area contributed by atoms with Gasteiger partial charge in [0, 0.05) is 69.6 Å². The van der Waals surface area contributed by atoms with Crippen molar-refractivity contribution in [3.05, 3.63) is 60.7 Å². The van der Waals surface area contributed by atoms with Crippen LogP contribution >= 0.6 is 0 Å². The second-order valence-electron chi connectivity index (χ2n) is 8.51. The number of morpholine rings is 1. The highest BCUT2D eigenvalue weighted by Crippen LogP contribution is 2.28. The number of aromatic nitrogens is 6. The summed E-state index contributed by atoms with van der Waals surface area (Å²) in [5.41, 5.74) is 3.56. The Bertz CT molecular complexity index is 1310. The van der Waals surface area contributed by atoms with Gasteiger partial charge in [-0.1, -0.05) is 0 Å². The number of rotatable bonds is 5. The van der Waals surface area contributed by atoms with E-state index in [4.69, 9.17) is 19.7 Å². The number of fused-ring (bicyclic) bond motifs is 1. The van der Waals surface area contributed by atoms with E-state index in [1.54, 1.807) is 18.5 Å². The maximum atomic E-state index is 5.54. The maximum Gasteiger partial charge on any atom is 0.181 e. The van der Waals surface area contributed by atoms with Crippen LogP contribution in [0.25, 0.3) is 29.1 Å². The Morgan fingerprint density at radius 2 is 1.69 bits per heavy atom. The monoisotopic (exact) mass is 469 g/mol. The van der Waals surface area contributed by atoms with Crippen LogP contribution in [0.1, 0.15) is 11.5 Å². The molecule has 2 aliphatic heterocycles. The Balaban J connectivity index is 1.38. The Morgan fingerprint density at radius 3 is 2.46 bits per heavy atom. The Kier molecular flexibility index (Phi) is 6.04. The van der Waals surface area contributed by atoms with Crippen molar-refractivity contribution in [2.75, 3.05) is 62.3 Å². The molecule has 0 amide bonds. The van der Waals surface area contributed by atoms with Crippen LogP contribution in [-0.4, -0.2) is 81.8 Å². The summed E-state index contributed by atoms with van der Waals surface area (Å²) in [6.45, 7) is 6.85. The van der Waals surface area contributed by atoms with Crippen LogP contribution in [0.3, 0.4) is 0 Å². The highest BCUT2D eigenvalue weighted by Gasteiger charge is 2.20. The lowest BCUT2D eigenvalue weighted by Crippen LogP contribution is -2.43. The lowest BCUT2D eigenvalue weighted by Gasteiger charge is -2.28. The zero-order valence-electron chi connectivity index (χ0n) is 19.4. The Hall–Kier alpha value is -3.89. The molecule has 0 unspecified atom stereocenters. The minimum Gasteiger partial charge on any atom is -0.378 e. The predicted molar refractivity (Wildman–Crippen MR) is 135 cm³/mol. The molecule has 1 N–H and O–H groups in total. The first-order chi connectivity index (χ1) is 17.3. The molecule has 6 heterocycles. The van der Waals surface area contributed by atoms with E-state index in [2.05, 4.69) is 41.6 Å². The first-order valence-electron chi connectivity index (χ1n) is 11.9. The molecule has 178 valence electrons. The number of hydrogen-bond donors (Lipinski definition) is 1. The minimum atomic E-state index is 0.643. The summed E-state index contributed by atoms with van der Waals surface area (Å²) in [7, 11) is 0. The van der Waals surface area contributed by atoms with Crippen molar-refractivity contribution in [1.82, 2.24) is 34.6 Å². The van der Waals surface area contributed by atoms with E-state index in [-0.39, 0.29) is 0 Å². The third kappa shape index (κ3) is 4.58. The van der Waals surface area contributed by atoms with Crippen LogP contribution in [0.2, 0.25) is 0 Å². The predicted octanol–water partition coefficient (Wildman–Crippen LogP) is 2.00. The summed E-state index contributed by atoms with van der Waals surface area (Å²) >= 11 is 0. The van der Waals surface area contributed by atoms with Gasteiger partial charge in [-0.3, -0.25) is 4.40 Å². The summed E-state index contributed by atoms with van der Waals surface area (Å²) in [6, 6.07) is 6.01. The summed E-state index contributed by atoms with van der Waals surface area (Å²) < 4.78 is 7.64. The van der Waals surface area contributed by atoms with Crippen LogP contribution < -0.4 is 15.1 Å². The number of nitrogens with zero attached hydrogens (tertiary/aromatic N) is 8. The van der Waals surface area contributed by atoms with Crippen LogP contribution in [0.15, 0.2) is 49.2 Å². The van der Waals surface area contributed by atoms with Crippen LogP contribution in [0, 0.1) is 0 Å². The summed E-state index contributed by atoms with van der Waals surface area (Å²) in [6.07, 6.45) is 13.1. The van der Waals surface area contributed by atoms with Crippen LogP contribution in [0.5, 0.6) is 0 Å². The van der Waals surface area contributed by atoms with Crippen molar-refractivity contribution in [2.24, 2.45) is 0 Å². The van der Waals surface area contributed by atoms with Crippen molar-refractivity contribution in [2.45, 2.75) is 0 Å². The summed E-state index contributed by atoms with van der Waals surface area (Å²) in [4.78, 5) is 27.6. The highest BCUT2D eigenvalue weighted by molar-refractivity contribution is 5.75. The third-order valence-corrected chi connectivity index (χ3v) is 6.28. The molecule has 2 fully saturated rings. The molecule has 0 radical (unpaired) electrons. The van der Waals surface area contributed by atoms with Gasteiger partial charge in [0.25, 0.3) is 0 Å². The molecule has 0 saturated carbocycles. The number of hydrogen-bond acceptors (Lipinski definition) is 9. The molecule has 10 nitrogen and oxygen atoms in total. The zero-order valence-corrected chi connectivity index (χ0v) is 19.4. The first-order valence-corrected chi connectivity index (χ1v) is 11.9. The number of piperazine rings is 1. The van der Waals surface area contributed by atoms with E-state index in [0.717, 1.165) is 73.5 Å². The van der Waals surface area contributed by atoms with Crippen LogP contribution in [-0.2, 0) is 4.74 Å².